The number of benzene rings is 1. The second kappa shape index (κ2) is 6.13. The Hall–Kier alpha value is -2.43. The van der Waals surface area contributed by atoms with Gasteiger partial charge in [-0.3, -0.25) is 0 Å². The lowest BCUT2D eigenvalue weighted by Gasteiger charge is -2.24. The Labute approximate surface area is 129 Å². The van der Waals surface area contributed by atoms with Gasteiger partial charge in [-0.05, 0) is 49.6 Å². The Morgan fingerprint density at radius 2 is 2.27 bits per heavy atom. The van der Waals surface area contributed by atoms with Crippen LogP contribution < -0.4 is 10.1 Å². The zero-order chi connectivity index (χ0) is 15.5. The van der Waals surface area contributed by atoms with Gasteiger partial charge in [-0.15, -0.1) is 0 Å². The predicted octanol–water partition coefficient (Wildman–Crippen LogP) is 3.97. The molecule has 0 spiro atoms. The van der Waals surface area contributed by atoms with Gasteiger partial charge in [-0.2, -0.15) is 0 Å². The average Bonchev–Trinajstić information content (AvgIpc) is 3.18. The molecule has 22 heavy (non-hydrogen) atoms. The van der Waals surface area contributed by atoms with Gasteiger partial charge >= 0.3 is 6.03 Å². The molecule has 1 atom stereocenters. The first-order valence-electron chi connectivity index (χ1n) is 7.44. The van der Waals surface area contributed by atoms with Crippen LogP contribution in [-0.4, -0.2) is 24.6 Å². The van der Waals surface area contributed by atoms with Crippen molar-refractivity contribution in [3.63, 3.8) is 0 Å². The van der Waals surface area contributed by atoms with E-state index in [9.17, 15) is 4.79 Å². The number of nitrogens with one attached hydrogen (secondary N) is 1. The largest absolute Gasteiger partial charge is 0.495 e. The third-order valence-electron chi connectivity index (χ3n) is 3.98. The van der Waals surface area contributed by atoms with Crippen molar-refractivity contribution in [2.75, 3.05) is 19.0 Å². The van der Waals surface area contributed by atoms with E-state index in [1.165, 1.54) is 0 Å². The SMILES string of the molecule is COc1ccc(C)cc1NC(=O)N1CCC[C@H]1c1ccco1. The van der Waals surface area contributed by atoms with Crippen molar-refractivity contribution in [2.45, 2.75) is 25.8 Å². The number of aryl methyl sites for hydroxylation is 1. The van der Waals surface area contributed by atoms with Crippen LogP contribution in [0.5, 0.6) is 5.75 Å². The summed E-state index contributed by atoms with van der Waals surface area (Å²) in [5.41, 5.74) is 1.76. The summed E-state index contributed by atoms with van der Waals surface area (Å²) in [5.74, 6) is 1.50. The summed E-state index contributed by atoms with van der Waals surface area (Å²) >= 11 is 0. The highest BCUT2D eigenvalue weighted by Gasteiger charge is 2.32. The standard InChI is InChI=1S/C17H20N2O3/c1-12-7-8-15(21-2)13(11-12)18-17(20)19-9-3-5-14(19)16-6-4-10-22-16/h4,6-8,10-11,14H,3,5,9H2,1-2H3,(H,18,20)/t14-/m0/s1. The van der Waals surface area contributed by atoms with Gasteiger partial charge in [0.05, 0.1) is 25.1 Å². The average molecular weight is 300 g/mol. The smallest absolute Gasteiger partial charge is 0.322 e. The molecule has 5 nitrogen and oxygen atoms in total. The third-order valence-corrected chi connectivity index (χ3v) is 3.98. The number of anilines is 1. The topological polar surface area (TPSA) is 54.7 Å². The van der Waals surface area contributed by atoms with Gasteiger partial charge in [0.25, 0.3) is 0 Å². The minimum absolute atomic E-state index is 0.00537. The third kappa shape index (κ3) is 2.79. The number of hydrogen-bond acceptors (Lipinski definition) is 3. The van der Waals surface area contributed by atoms with Crippen molar-refractivity contribution >= 4 is 11.7 Å². The second-order valence-corrected chi connectivity index (χ2v) is 5.50. The first-order chi connectivity index (χ1) is 10.7. The van der Waals surface area contributed by atoms with Crippen molar-refractivity contribution in [2.24, 2.45) is 0 Å². The van der Waals surface area contributed by atoms with E-state index in [0.717, 1.165) is 30.7 Å². The van der Waals surface area contributed by atoms with Gasteiger partial charge in [0.1, 0.15) is 11.5 Å². The monoisotopic (exact) mass is 300 g/mol. The number of hydrogen-bond donors (Lipinski definition) is 1. The summed E-state index contributed by atoms with van der Waals surface area (Å²) in [7, 11) is 1.60. The molecule has 1 aliphatic heterocycles. The van der Waals surface area contributed by atoms with Gasteiger partial charge in [0.2, 0.25) is 0 Å². The maximum absolute atomic E-state index is 12.6. The molecule has 0 bridgehead atoms. The summed E-state index contributed by atoms with van der Waals surface area (Å²) in [5, 5.41) is 2.96. The minimum Gasteiger partial charge on any atom is -0.495 e. The van der Waals surface area contributed by atoms with E-state index in [1.54, 1.807) is 13.4 Å². The van der Waals surface area contributed by atoms with Gasteiger partial charge in [-0.1, -0.05) is 6.07 Å². The maximum Gasteiger partial charge on any atom is 0.322 e. The summed E-state index contributed by atoms with van der Waals surface area (Å²) in [6, 6.07) is 9.38. The Bertz CT molecular complexity index is 652. The van der Waals surface area contributed by atoms with Gasteiger partial charge in [-0.25, -0.2) is 4.79 Å². The Balaban J connectivity index is 1.78. The molecule has 0 aliphatic carbocycles. The fourth-order valence-electron chi connectivity index (χ4n) is 2.89. The number of nitrogens with zero attached hydrogens (tertiary/aromatic N) is 1. The zero-order valence-corrected chi connectivity index (χ0v) is 12.8. The Morgan fingerprint density at radius 3 is 3.00 bits per heavy atom. The molecular weight excluding hydrogens is 280 g/mol. The molecule has 1 fully saturated rings. The van der Waals surface area contributed by atoms with E-state index >= 15 is 0 Å². The van der Waals surface area contributed by atoms with Crippen LogP contribution in [-0.2, 0) is 0 Å². The molecular formula is C17H20N2O3. The molecule has 1 N–H and O–H groups in total. The molecule has 1 saturated heterocycles. The van der Waals surface area contributed by atoms with E-state index in [-0.39, 0.29) is 12.1 Å². The molecule has 1 aliphatic rings. The molecule has 5 heteroatoms. The highest BCUT2D eigenvalue weighted by molar-refractivity contribution is 5.91. The first-order valence-corrected chi connectivity index (χ1v) is 7.44. The molecule has 2 amide bonds. The Morgan fingerprint density at radius 1 is 1.41 bits per heavy atom. The Kier molecular flexibility index (Phi) is 4.04. The van der Waals surface area contributed by atoms with Crippen LogP contribution in [0.15, 0.2) is 41.0 Å². The van der Waals surface area contributed by atoms with Crippen LogP contribution in [0, 0.1) is 6.92 Å². The van der Waals surface area contributed by atoms with Crippen LogP contribution in [0.1, 0.15) is 30.2 Å². The normalized spacial score (nSPS) is 17.5. The molecule has 2 aromatic rings. The number of urea groups is 1. The summed E-state index contributed by atoms with van der Waals surface area (Å²) < 4.78 is 10.8. The highest BCUT2D eigenvalue weighted by Crippen LogP contribution is 2.33. The van der Waals surface area contributed by atoms with E-state index < -0.39 is 0 Å². The maximum atomic E-state index is 12.6. The van der Waals surface area contributed by atoms with E-state index in [1.807, 2.05) is 42.2 Å². The number of rotatable bonds is 3. The molecule has 1 aromatic carbocycles. The molecule has 2 heterocycles. The second-order valence-electron chi connectivity index (χ2n) is 5.50. The van der Waals surface area contributed by atoms with Crippen molar-refractivity contribution in [1.82, 2.24) is 4.90 Å². The molecule has 0 unspecified atom stereocenters. The van der Waals surface area contributed by atoms with Gasteiger partial charge < -0.3 is 19.4 Å². The quantitative estimate of drug-likeness (QED) is 0.933. The first kappa shape index (κ1) is 14.5. The minimum atomic E-state index is -0.122. The van der Waals surface area contributed by atoms with Crippen molar-refractivity contribution in [1.29, 1.82) is 0 Å². The van der Waals surface area contributed by atoms with Crippen LogP contribution in [0.25, 0.3) is 0 Å². The van der Waals surface area contributed by atoms with E-state index in [2.05, 4.69) is 5.32 Å². The lowest BCUT2D eigenvalue weighted by atomic mass is 10.2. The molecule has 0 saturated carbocycles. The van der Waals surface area contributed by atoms with Crippen molar-refractivity contribution in [3.05, 3.63) is 47.9 Å². The fourth-order valence-corrected chi connectivity index (χ4v) is 2.89. The van der Waals surface area contributed by atoms with Crippen molar-refractivity contribution in [3.8, 4) is 5.75 Å². The number of carbonyl (C=O) groups is 1. The van der Waals surface area contributed by atoms with Crippen LogP contribution >= 0.6 is 0 Å². The van der Waals surface area contributed by atoms with Crippen LogP contribution in [0.3, 0.4) is 0 Å². The van der Waals surface area contributed by atoms with Crippen LogP contribution in [0.4, 0.5) is 10.5 Å². The van der Waals surface area contributed by atoms with Gasteiger partial charge in [0, 0.05) is 6.54 Å². The molecule has 3 rings (SSSR count). The number of methoxy groups -OCH3 is 1. The summed E-state index contributed by atoms with van der Waals surface area (Å²) in [6.45, 7) is 2.71. The van der Waals surface area contributed by atoms with E-state index in [0.29, 0.717) is 11.4 Å². The molecule has 116 valence electrons. The lowest BCUT2D eigenvalue weighted by molar-refractivity contribution is 0.199. The summed E-state index contributed by atoms with van der Waals surface area (Å²) in [4.78, 5) is 14.4. The van der Waals surface area contributed by atoms with Gasteiger partial charge in [0.15, 0.2) is 0 Å². The number of furan rings is 1. The van der Waals surface area contributed by atoms with Crippen molar-refractivity contribution < 1.29 is 13.9 Å². The summed E-state index contributed by atoms with van der Waals surface area (Å²) in [6.07, 6.45) is 3.54. The lowest BCUT2D eigenvalue weighted by Crippen LogP contribution is -2.34. The fraction of sp³-hybridized carbons (Fsp3) is 0.353. The number of amides is 2. The number of carbonyl (C=O) groups excluding carboxylic acids is 1. The zero-order valence-electron chi connectivity index (χ0n) is 12.8. The number of ether oxygens (including phenoxy) is 1. The highest BCUT2D eigenvalue weighted by atomic mass is 16.5. The molecule has 0 radical (unpaired) electrons. The predicted molar refractivity (Wildman–Crippen MR) is 84.1 cm³/mol. The van der Waals surface area contributed by atoms with E-state index in [4.69, 9.17) is 9.15 Å². The number of likely N-dealkylation sites (tertiary alicyclic amines) is 1. The molecule has 1 aromatic heterocycles. The van der Waals surface area contributed by atoms with Crippen LogP contribution in [0.2, 0.25) is 0 Å².